The number of hydrogen-bond acceptors (Lipinski definition) is 7. The number of benzene rings is 1. The molecule has 3 aliphatic heterocycles. The monoisotopic (exact) mass is 664 g/mol. The molecule has 0 unspecified atom stereocenters. The summed E-state index contributed by atoms with van der Waals surface area (Å²) in [6.45, 7) is 9.22. The van der Waals surface area contributed by atoms with Crippen LogP contribution in [0.4, 0.5) is 21.6 Å². The second-order valence-corrected chi connectivity index (χ2v) is 14.7. The maximum absolute atomic E-state index is 14.8. The molecule has 10 nitrogen and oxygen atoms in total. The summed E-state index contributed by atoms with van der Waals surface area (Å²) in [5.41, 5.74) is 4.77. The normalized spacial score (nSPS) is 22.4. The highest BCUT2D eigenvalue weighted by molar-refractivity contribution is 6.09. The van der Waals surface area contributed by atoms with Crippen molar-refractivity contribution in [3.8, 4) is 11.3 Å². The molecule has 0 bridgehead atoms. The maximum Gasteiger partial charge on any atom is 0.238 e. The lowest BCUT2D eigenvalue weighted by Gasteiger charge is -2.47. The van der Waals surface area contributed by atoms with Gasteiger partial charge >= 0.3 is 0 Å². The Kier molecular flexibility index (Phi) is 8.13. The summed E-state index contributed by atoms with van der Waals surface area (Å²) in [4.78, 5) is 47.3. The number of aromatic nitrogens is 4. The number of imidazole rings is 1. The zero-order valence-corrected chi connectivity index (χ0v) is 28.7. The van der Waals surface area contributed by atoms with Crippen LogP contribution >= 0.6 is 0 Å². The number of nitrogens with one attached hydrogen (secondary N) is 1. The van der Waals surface area contributed by atoms with Crippen LogP contribution in [-0.2, 0) is 15.0 Å². The van der Waals surface area contributed by atoms with Gasteiger partial charge < -0.3 is 24.6 Å². The molecular formula is C38H45FN8O2. The van der Waals surface area contributed by atoms with E-state index in [1.165, 1.54) is 31.9 Å². The standard InChI is InChI=1S/C38H45FN8O2/c1-24(2)46-23-41-33-21-32(43-36(35(33)46)42-31-10-13-40-22-30(31)39)26-8-9-29-34(18-26)47(28-19-27(20-28)45-14-6-4-5-7-15-45)37(49)38(29)11-16-44(17-12-38)25(3)48/h8-10,13,18,21-24,27-28H,4-7,11-12,14-17,19-20H2,1-3H3,(H,40,42,43)/t27-,28+. The minimum atomic E-state index is -0.632. The summed E-state index contributed by atoms with van der Waals surface area (Å²) >= 11 is 0. The van der Waals surface area contributed by atoms with E-state index >= 15 is 0 Å². The van der Waals surface area contributed by atoms with Gasteiger partial charge in [0.2, 0.25) is 11.8 Å². The number of halogens is 1. The Morgan fingerprint density at radius 1 is 1.00 bits per heavy atom. The molecule has 1 aliphatic carbocycles. The van der Waals surface area contributed by atoms with Crippen LogP contribution in [0.2, 0.25) is 0 Å². The van der Waals surface area contributed by atoms with E-state index in [-0.39, 0.29) is 29.6 Å². The van der Waals surface area contributed by atoms with E-state index in [2.05, 4.69) is 52.1 Å². The van der Waals surface area contributed by atoms with Crippen molar-refractivity contribution in [2.45, 2.75) is 95.7 Å². The lowest BCUT2D eigenvalue weighted by molar-refractivity contribution is -0.134. The molecule has 4 aliphatic rings. The molecule has 1 N–H and O–H groups in total. The third-order valence-electron chi connectivity index (χ3n) is 11.5. The fraction of sp³-hybridized carbons (Fsp3) is 0.500. The lowest BCUT2D eigenvalue weighted by Crippen LogP contribution is -2.58. The Labute approximate surface area is 286 Å². The number of rotatable bonds is 6. The summed E-state index contributed by atoms with van der Waals surface area (Å²) in [7, 11) is 0. The van der Waals surface area contributed by atoms with Gasteiger partial charge in [0.25, 0.3) is 0 Å². The number of piperidine rings is 1. The molecule has 2 saturated heterocycles. The summed E-state index contributed by atoms with van der Waals surface area (Å²) in [6, 6.07) is 10.6. The second kappa shape index (κ2) is 12.5. The van der Waals surface area contributed by atoms with Gasteiger partial charge in [0.15, 0.2) is 11.6 Å². The van der Waals surface area contributed by atoms with Crippen molar-refractivity contribution < 1.29 is 14.0 Å². The van der Waals surface area contributed by atoms with E-state index in [9.17, 15) is 14.0 Å². The number of nitrogens with zero attached hydrogens (tertiary/aromatic N) is 7. The molecule has 1 spiro atoms. The van der Waals surface area contributed by atoms with Crippen molar-refractivity contribution in [2.75, 3.05) is 36.4 Å². The van der Waals surface area contributed by atoms with Crippen LogP contribution in [0.15, 0.2) is 49.1 Å². The Morgan fingerprint density at radius 3 is 2.45 bits per heavy atom. The van der Waals surface area contributed by atoms with Crippen molar-refractivity contribution in [1.29, 1.82) is 0 Å². The molecule has 8 rings (SSSR count). The average Bonchev–Trinajstić information content (AvgIpc) is 3.47. The molecular weight excluding hydrogens is 619 g/mol. The summed E-state index contributed by atoms with van der Waals surface area (Å²) in [5.74, 6) is 0.274. The number of carbonyl (C=O) groups is 2. The summed E-state index contributed by atoms with van der Waals surface area (Å²) < 4.78 is 16.8. The summed E-state index contributed by atoms with van der Waals surface area (Å²) in [6.07, 6.45) is 12.9. The first-order valence-corrected chi connectivity index (χ1v) is 18.0. The molecule has 11 heteroatoms. The van der Waals surface area contributed by atoms with Crippen LogP contribution in [0.3, 0.4) is 0 Å². The Balaban J connectivity index is 1.18. The van der Waals surface area contributed by atoms with E-state index in [1.807, 2.05) is 15.5 Å². The number of carbonyl (C=O) groups excluding carboxylic acids is 2. The molecule has 1 saturated carbocycles. The van der Waals surface area contributed by atoms with Gasteiger partial charge in [-0.15, -0.1) is 0 Å². The number of pyridine rings is 2. The van der Waals surface area contributed by atoms with Crippen molar-refractivity contribution in [2.24, 2.45) is 0 Å². The van der Waals surface area contributed by atoms with Crippen molar-refractivity contribution in [3.05, 3.63) is 60.4 Å². The van der Waals surface area contributed by atoms with Gasteiger partial charge in [-0.1, -0.05) is 25.0 Å². The molecule has 0 atom stereocenters. The number of hydrogen-bond donors (Lipinski definition) is 1. The largest absolute Gasteiger partial charge is 0.343 e. The SMILES string of the molecule is CC(=O)N1CCC2(CC1)C(=O)N([C@H]1C[C@@H](N3CCCCCC3)C1)c1cc(-c3cc4ncn(C(C)C)c4c(Nc4ccncc4F)n3)ccc12. The van der Waals surface area contributed by atoms with Crippen molar-refractivity contribution in [1.82, 2.24) is 29.3 Å². The highest BCUT2D eigenvalue weighted by Crippen LogP contribution is 2.52. The predicted molar refractivity (Wildman–Crippen MR) is 188 cm³/mol. The maximum atomic E-state index is 14.8. The van der Waals surface area contributed by atoms with Crippen LogP contribution in [0, 0.1) is 5.82 Å². The van der Waals surface area contributed by atoms with Crippen LogP contribution < -0.4 is 10.2 Å². The fourth-order valence-electron chi connectivity index (χ4n) is 8.62. The van der Waals surface area contributed by atoms with Crippen molar-refractivity contribution in [3.63, 3.8) is 0 Å². The smallest absolute Gasteiger partial charge is 0.238 e. The lowest BCUT2D eigenvalue weighted by atomic mass is 9.73. The van der Waals surface area contributed by atoms with E-state index in [1.54, 1.807) is 25.5 Å². The molecule has 3 fully saturated rings. The molecule has 49 heavy (non-hydrogen) atoms. The molecule has 2 amide bonds. The van der Waals surface area contributed by atoms with Gasteiger partial charge in [0.1, 0.15) is 5.52 Å². The number of anilines is 3. The van der Waals surface area contributed by atoms with Gasteiger partial charge in [-0.05, 0) is 89.2 Å². The van der Waals surface area contributed by atoms with Crippen LogP contribution in [0.1, 0.15) is 83.7 Å². The first-order chi connectivity index (χ1) is 23.7. The Morgan fingerprint density at radius 2 is 1.76 bits per heavy atom. The first kappa shape index (κ1) is 31.9. The quantitative estimate of drug-likeness (QED) is 0.248. The highest BCUT2D eigenvalue weighted by Gasteiger charge is 2.55. The van der Waals surface area contributed by atoms with Crippen LogP contribution in [0.5, 0.6) is 0 Å². The molecule has 3 aromatic heterocycles. The van der Waals surface area contributed by atoms with Crippen LogP contribution in [-0.4, -0.2) is 79.4 Å². The first-order valence-electron chi connectivity index (χ1n) is 18.0. The Bertz CT molecular complexity index is 1900. The fourth-order valence-corrected chi connectivity index (χ4v) is 8.62. The average molecular weight is 665 g/mol. The molecule has 256 valence electrons. The summed E-state index contributed by atoms with van der Waals surface area (Å²) in [5, 5.41) is 3.22. The molecule has 1 aromatic carbocycles. The molecule has 4 aromatic rings. The third kappa shape index (κ3) is 5.46. The van der Waals surface area contributed by atoms with E-state index < -0.39 is 11.2 Å². The molecule has 6 heterocycles. The van der Waals surface area contributed by atoms with Crippen LogP contribution in [0.25, 0.3) is 22.3 Å². The van der Waals surface area contributed by atoms with Gasteiger partial charge in [0.05, 0.1) is 34.8 Å². The van der Waals surface area contributed by atoms with Gasteiger partial charge in [-0.25, -0.2) is 14.4 Å². The number of likely N-dealkylation sites (tertiary alicyclic amines) is 2. The highest BCUT2D eigenvalue weighted by atomic mass is 19.1. The van der Waals surface area contributed by atoms with Gasteiger partial charge in [-0.2, -0.15) is 0 Å². The minimum Gasteiger partial charge on any atom is -0.343 e. The number of fused-ring (bicyclic) bond motifs is 3. The van der Waals surface area contributed by atoms with Gasteiger partial charge in [0, 0.05) is 55.6 Å². The molecule has 0 radical (unpaired) electrons. The zero-order valence-electron chi connectivity index (χ0n) is 28.7. The van der Waals surface area contributed by atoms with Gasteiger partial charge in [-0.3, -0.25) is 14.6 Å². The Hall–Kier alpha value is -4.38. The topological polar surface area (TPSA) is 99.5 Å². The zero-order chi connectivity index (χ0) is 33.9. The van der Waals surface area contributed by atoms with E-state index in [0.717, 1.165) is 53.8 Å². The van der Waals surface area contributed by atoms with Crippen molar-refractivity contribution >= 4 is 40.0 Å². The van der Waals surface area contributed by atoms with E-state index in [4.69, 9.17) is 9.97 Å². The third-order valence-corrected chi connectivity index (χ3v) is 11.5. The number of amides is 2. The van der Waals surface area contributed by atoms with E-state index in [0.29, 0.717) is 43.5 Å². The minimum absolute atomic E-state index is 0.0597. The predicted octanol–water partition coefficient (Wildman–Crippen LogP) is 6.59. The second-order valence-electron chi connectivity index (χ2n) is 14.7.